The quantitative estimate of drug-likeness (QED) is 0.848. The molecule has 2 heterocycles. The Morgan fingerprint density at radius 1 is 1.19 bits per heavy atom. The number of nitrogens with zero attached hydrogens (tertiary/aromatic N) is 5. The molecule has 2 aromatic heterocycles. The van der Waals surface area contributed by atoms with Crippen LogP contribution in [0.25, 0.3) is 5.95 Å². The van der Waals surface area contributed by atoms with Gasteiger partial charge in [0.25, 0.3) is 0 Å². The molecule has 21 heavy (non-hydrogen) atoms. The lowest BCUT2D eigenvalue weighted by molar-refractivity contribution is 0.269. The number of imidazole rings is 1. The lowest BCUT2D eigenvalue weighted by Gasteiger charge is -2.29. The smallest absolute Gasteiger partial charge is 0.241 e. The fourth-order valence-corrected chi connectivity index (χ4v) is 1.56. The Bertz CT molecular complexity index is 575. The number of nitrogens with one attached hydrogen (secondary N) is 2. The lowest BCUT2D eigenvalue weighted by atomic mass is 9.81. The maximum Gasteiger partial charge on any atom is 0.241 e. The van der Waals surface area contributed by atoms with Crippen molar-refractivity contribution in [3.63, 3.8) is 0 Å². The summed E-state index contributed by atoms with van der Waals surface area (Å²) in [5.41, 5.74) is 0.154. The monoisotopic (exact) mass is 289 g/mol. The predicted molar refractivity (Wildman–Crippen MR) is 83.6 cm³/mol. The van der Waals surface area contributed by atoms with E-state index in [9.17, 15) is 0 Å². The Hall–Kier alpha value is -2.18. The van der Waals surface area contributed by atoms with Crippen LogP contribution in [0.3, 0.4) is 0 Å². The van der Waals surface area contributed by atoms with Crippen LogP contribution in [0.5, 0.6) is 0 Å². The van der Waals surface area contributed by atoms with Gasteiger partial charge in [-0.15, -0.1) is 0 Å². The predicted octanol–water partition coefficient (Wildman–Crippen LogP) is 2.19. The SMILES string of the molecule is CNc1nc(NCC(C)(C)C(C)C)nc(-n2ccnc2)n1. The molecule has 2 aromatic rings. The molecule has 0 bridgehead atoms. The van der Waals surface area contributed by atoms with Gasteiger partial charge in [-0.3, -0.25) is 4.57 Å². The number of hydrogen-bond donors (Lipinski definition) is 2. The van der Waals surface area contributed by atoms with Crippen molar-refractivity contribution < 1.29 is 0 Å². The first-order chi connectivity index (χ1) is 9.92. The molecule has 114 valence electrons. The third-order valence-corrected chi connectivity index (χ3v) is 3.85. The van der Waals surface area contributed by atoms with Gasteiger partial charge < -0.3 is 10.6 Å². The maximum atomic E-state index is 4.44. The first-order valence-electron chi connectivity index (χ1n) is 7.08. The van der Waals surface area contributed by atoms with E-state index in [2.05, 4.69) is 58.3 Å². The van der Waals surface area contributed by atoms with Crippen LogP contribution in [0.4, 0.5) is 11.9 Å². The molecule has 0 unspecified atom stereocenters. The minimum Gasteiger partial charge on any atom is -0.357 e. The summed E-state index contributed by atoms with van der Waals surface area (Å²) in [5.74, 6) is 2.19. The standard InChI is InChI=1S/C14H23N7/c1-10(2)14(3,4)8-17-12-18-11(15-5)19-13(20-12)21-7-6-16-9-21/h6-7,9-10H,8H2,1-5H3,(H2,15,17,18,19,20). The molecule has 0 saturated heterocycles. The zero-order chi connectivity index (χ0) is 15.5. The molecule has 7 nitrogen and oxygen atoms in total. The van der Waals surface area contributed by atoms with Gasteiger partial charge in [0.1, 0.15) is 6.33 Å². The highest BCUT2D eigenvalue weighted by Crippen LogP contribution is 2.26. The summed E-state index contributed by atoms with van der Waals surface area (Å²) >= 11 is 0. The van der Waals surface area contributed by atoms with Crippen LogP contribution in [0.1, 0.15) is 27.7 Å². The fourth-order valence-electron chi connectivity index (χ4n) is 1.56. The number of aromatic nitrogens is 5. The summed E-state index contributed by atoms with van der Waals surface area (Å²) in [4.78, 5) is 17.1. The molecule has 2 rings (SSSR count). The van der Waals surface area contributed by atoms with E-state index >= 15 is 0 Å². The van der Waals surface area contributed by atoms with E-state index < -0.39 is 0 Å². The highest BCUT2D eigenvalue weighted by atomic mass is 15.3. The average Bonchev–Trinajstić information content (AvgIpc) is 2.99. The number of anilines is 2. The second-order valence-corrected chi connectivity index (χ2v) is 6.00. The normalized spacial score (nSPS) is 11.7. The van der Waals surface area contributed by atoms with E-state index in [1.54, 1.807) is 30.3 Å². The van der Waals surface area contributed by atoms with E-state index in [0.717, 1.165) is 6.54 Å². The van der Waals surface area contributed by atoms with Crippen molar-refractivity contribution in [3.05, 3.63) is 18.7 Å². The maximum absolute atomic E-state index is 4.44. The van der Waals surface area contributed by atoms with Crippen LogP contribution in [-0.4, -0.2) is 38.1 Å². The Morgan fingerprint density at radius 3 is 2.48 bits per heavy atom. The van der Waals surface area contributed by atoms with Crippen LogP contribution in [0.15, 0.2) is 18.7 Å². The fraction of sp³-hybridized carbons (Fsp3) is 0.571. The van der Waals surface area contributed by atoms with Crippen LogP contribution >= 0.6 is 0 Å². The molecule has 0 aliphatic rings. The summed E-state index contributed by atoms with van der Waals surface area (Å²) in [5, 5.41) is 6.26. The molecule has 0 spiro atoms. The van der Waals surface area contributed by atoms with Gasteiger partial charge in [-0.05, 0) is 11.3 Å². The van der Waals surface area contributed by atoms with Crippen LogP contribution in [-0.2, 0) is 0 Å². The van der Waals surface area contributed by atoms with Crippen LogP contribution in [0.2, 0.25) is 0 Å². The van der Waals surface area contributed by atoms with Gasteiger partial charge in [0.2, 0.25) is 17.8 Å². The van der Waals surface area contributed by atoms with Gasteiger partial charge in [-0.25, -0.2) is 4.98 Å². The molecule has 2 N–H and O–H groups in total. The largest absolute Gasteiger partial charge is 0.357 e. The van der Waals surface area contributed by atoms with E-state index in [0.29, 0.717) is 23.8 Å². The van der Waals surface area contributed by atoms with Crippen molar-refractivity contribution >= 4 is 11.9 Å². The van der Waals surface area contributed by atoms with Crippen molar-refractivity contribution in [3.8, 4) is 5.95 Å². The minimum absolute atomic E-state index is 0.154. The van der Waals surface area contributed by atoms with Gasteiger partial charge >= 0.3 is 0 Å². The van der Waals surface area contributed by atoms with Crippen molar-refractivity contribution in [2.24, 2.45) is 11.3 Å². The Morgan fingerprint density at radius 2 is 1.90 bits per heavy atom. The molecular weight excluding hydrogens is 266 g/mol. The first-order valence-corrected chi connectivity index (χ1v) is 7.08. The number of hydrogen-bond acceptors (Lipinski definition) is 6. The zero-order valence-electron chi connectivity index (χ0n) is 13.3. The summed E-state index contributed by atoms with van der Waals surface area (Å²) in [6.07, 6.45) is 5.16. The summed E-state index contributed by atoms with van der Waals surface area (Å²) in [6.45, 7) is 9.67. The molecule has 0 aliphatic carbocycles. The minimum atomic E-state index is 0.154. The van der Waals surface area contributed by atoms with Gasteiger partial charge in [-0.1, -0.05) is 27.7 Å². The lowest BCUT2D eigenvalue weighted by Crippen LogP contribution is -2.29. The topological polar surface area (TPSA) is 80.5 Å². The summed E-state index contributed by atoms with van der Waals surface area (Å²) in [7, 11) is 1.79. The molecule has 0 amide bonds. The van der Waals surface area contributed by atoms with Gasteiger partial charge in [0.15, 0.2) is 0 Å². The number of rotatable bonds is 6. The summed E-state index contributed by atoms with van der Waals surface area (Å²) < 4.78 is 1.75. The van der Waals surface area contributed by atoms with Crippen LogP contribution in [0, 0.1) is 11.3 Å². The van der Waals surface area contributed by atoms with Gasteiger partial charge in [-0.2, -0.15) is 15.0 Å². The van der Waals surface area contributed by atoms with Crippen molar-refractivity contribution in [2.45, 2.75) is 27.7 Å². The van der Waals surface area contributed by atoms with Crippen LogP contribution < -0.4 is 10.6 Å². The second kappa shape index (κ2) is 6.07. The van der Waals surface area contributed by atoms with E-state index in [-0.39, 0.29) is 5.41 Å². The molecule has 0 radical (unpaired) electrons. The Balaban J connectivity index is 2.22. The summed E-state index contributed by atoms with van der Waals surface area (Å²) in [6, 6.07) is 0. The molecule has 0 aromatic carbocycles. The third kappa shape index (κ3) is 3.68. The molecule has 0 atom stereocenters. The Kier molecular flexibility index (Phi) is 4.40. The van der Waals surface area contributed by atoms with E-state index in [1.807, 2.05) is 0 Å². The van der Waals surface area contributed by atoms with Crippen molar-refractivity contribution in [2.75, 3.05) is 24.2 Å². The molecular formula is C14H23N7. The second-order valence-electron chi connectivity index (χ2n) is 6.00. The zero-order valence-corrected chi connectivity index (χ0v) is 13.3. The van der Waals surface area contributed by atoms with E-state index in [1.165, 1.54) is 0 Å². The van der Waals surface area contributed by atoms with Crippen molar-refractivity contribution in [1.82, 2.24) is 24.5 Å². The third-order valence-electron chi connectivity index (χ3n) is 3.85. The highest BCUT2D eigenvalue weighted by molar-refractivity contribution is 5.37. The Labute approximate surface area is 125 Å². The highest BCUT2D eigenvalue weighted by Gasteiger charge is 2.22. The molecule has 0 aliphatic heterocycles. The average molecular weight is 289 g/mol. The van der Waals surface area contributed by atoms with Gasteiger partial charge in [0, 0.05) is 26.0 Å². The molecule has 7 heteroatoms. The van der Waals surface area contributed by atoms with Crippen molar-refractivity contribution in [1.29, 1.82) is 0 Å². The molecule has 0 fully saturated rings. The van der Waals surface area contributed by atoms with E-state index in [4.69, 9.17) is 0 Å². The van der Waals surface area contributed by atoms with Gasteiger partial charge in [0.05, 0.1) is 0 Å². The molecule has 0 saturated carbocycles. The first kappa shape index (κ1) is 15.2.